The number of non-ortho nitro benzene ring substituents is 1. The van der Waals surface area contributed by atoms with Crippen molar-refractivity contribution in [1.29, 1.82) is 0 Å². The highest BCUT2D eigenvalue weighted by atomic mass is 32.2. The number of hydrazone groups is 1. The van der Waals surface area contributed by atoms with E-state index in [9.17, 15) is 30.1 Å². The molecule has 1 N–H and O–H groups in total. The van der Waals surface area contributed by atoms with Gasteiger partial charge in [-0.1, -0.05) is 23.9 Å². The first-order valence-electron chi connectivity index (χ1n) is 7.80. The molecule has 1 amide bonds. The third-order valence-electron chi connectivity index (χ3n) is 3.73. The van der Waals surface area contributed by atoms with Crippen molar-refractivity contribution in [1.82, 2.24) is 5.01 Å². The van der Waals surface area contributed by atoms with Crippen LogP contribution < -0.4 is 0 Å². The fraction of sp³-hybridized carbons (Fsp3) is 0. The van der Waals surface area contributed by atoms with Crippen LogP contribution in [0.2, 0.25) is 0 Å². The number of thioether (sulfide) groups is 1. The Morgan fingerprint density at radius 1 is 1.10 bits per heavy atom. The third-order valence-corrected chi connectivity index (χ3v) is 5.01. The molecule has 1 fully saturated rings. The normalized spacial score (nSPS) is 15.4. The summed E-state index contributed by atoms with van der Waals surface area (Å²) in [6.07, 6.45) is 2.42. The topological polar surface area (TPSA) is 139 Å². The summed E-state index contributed by atoms with van der Waals surface area (Å²) in [5, 5.41) is 36.6. The van der Waals surface area contributed by atoms with E-state index < -0.39 is 15.8 Å². The number of carbonyl (C=O) groups excluding carboxylic acids is 1. The van der Waals surface area contributed by atoms with Crippen molar-refractivity contribution in [2.45, 2.75) is 0 Å². The van der Waals surface area contributed by atoms with Crippen LogP contribution in [0.3, 0.4) is 0 Å². The molecule has 0 aromatic heterocycles. The lowest BCUT2D eigenvalue weighted by molar-refractivity contribution is -0.385. The summed E-state index contributed by atoms with van der Waals surface area (Å²) in [7, 11) is 0. The maximum atomic E-state index is 12.6. The van der Waals surface area contributed by atoms with Crippen molar-refractivity contribution in [2.24, 2.45) is 5.10 Å². The molecule has 1 aliphatic heterocycles. The lowest BCUT2D eigenvalue weighted by Crippen LogP contribution is -2.22. The number of nitrogens with zero attached hydrogens (tertiary/aromatic N) is 4. The number of amides is 1. The second-order valence-corrected chi connectivity index (χ2v) is 7.23. The number of para-hydroxylation sites is 1. The molecule has 10 nitrogen and oxygen atoms in total. The van der Waals surface area contributed by atoms with Gasteiger partial charge in [0.15, 0.2) is 4.32 Å². The minimum Gasteiger partial charge on any atom is -0.507 e. The molecule has 1 saturated heterocycles. The van der Waals surface area contributed by atoms with E-state index in [1.807, 2.05) is 0 Å². The van der Waals surface area contributed by atoms with Crippen LogP contribution in [0.5, 0.6) is 5.75 Å². The molecule has 2 aromatic carbocycles. The maximum Gasteiger partial charge on any atom is 0.286 e. The van der Waals surface area contributed by atoms with Crippen LogP contribution in [0.1, 0.15) is 11.1 Å². The SMILES string of the molecule is O=C1/C(=C\c2ccccc2[N+](=O)[O-])SC(=S)N1/N=C/c1cc([N+](=O)[O-])ccc1O. The molecule has 0 unspecified atom stereocenters. The minimum absolute atomic E-state index is 0.0240. The smallest absolute Gasteiger partial charge is 0.286 e. The number of aromatic hydroxyl groups is 1. The molecule has 1 aliphatic rings. The van der Waals surface area contributed by atoms with Gasteiger partial charge in [-0.2, -0.15) is 10.1 Å². The van der Waals surface area contributed by atoms with Crippen LogP contribution in [-0.2, 0) is 4.79 Å². The average molecular weight is 430 g/mol. The Morgan fingerprint density at radius 3 is 2.52 bits per heavy atom. The first kappa shape index (κ1) is 20.1. The van der Waals surface area contributed by atoms with Crippen molar-refractivity contribution in [3.05, 3.63) is 78.7 Å². The fourth-order valence-corrected chi connectivity index (χ4v) is 3.52. The van der Waals surface area contributed by atoms with Gasteiger partial charge in [-0.25, -0.2) is 0 Å². The zero-order valence-electron chi connectivity index (χ0n) is 14.3. The van der Waals surface area contributed by atoms with E-state index in [0.29, 0.717) is 0 Å². The summed E-state index contributed by atoms with van der Waals surface area (Å²) in [4.78, 5) is 33.5. The molecule has 0 spiro atoms. The second kappa shape index (κ2) is 8.16. The van der Waals surface area contributed by atoms with Crippen LogP contribution in [0, 0.1) is 20.2 Å². The fourth-order valence-electron chi connectivity index (χ4n) is 2.35. The Morgan fingerprint density at radius 2 is 1.83 bits per heavy atom. The predicted molar refractivity (Wildman–Crippen MR) is 110 cm³/mol. The van der Waals surface area contributed by atoms with Gasteiger partial charge in [0.25, 0.3) is 17.3 Å². The molecule has 0 radical (unpaired) electrons. The molecule has 146 valence electrons. The number of carbonyl (C=O) groups is 1. The van der Waals surface area contributed by atoms with E-state index in [1.54, 1.807) is 6.07 Å². The van der Waals surface area contributed by atoms with Gasteiger partial charge in [0.1, 0.15) is 5.75 Å². The van der Waals surface area contributed by atoms with Crippen molar-refractivity contribution in [2.75, 3.05) is 0 Å². The molecule has 1 heterocycles. The van der Waals surface area contributed by atoms with Crippen molar-refractivity contribution >= 4 is 57.9 Å². The zero-order chi connectivity index (χ0) is 21.1. The summed E-state index contributed by atoms with van der Waals surface area (Å²) >= 11 is 6.03. The lowest BCUT2D eigenvalue weighted by Gasteiger charge is -2.06. The first-order valence-corrected chi connectivity index (χ1v) is 9.03. The van der Waals surface area contributed by atoms with Gasteiger partial charge in [-0.3, -0.25) is 25.0 Å². The van der Waals surface area contributed by atoms with E-state index >= 15 is 0 Å². The highest BCUT2D eigenvalue weighted by Gasteiger charge is 2.32. The van der Waals surface area contributed by atoms with Crippen molar-refractivity contribution in [3.63, 3.8) is 0 Å². The van der Waals surface area contributed by atoms with E-state index in [0.717, 1.165) is 41.2 Å². The summed E-state index contributed by atoms with van der Waals surface area (Å²) in [6.45, 7) is 0. The number of benzene rings is 2. The number of hydrogen-bond acceptors (Lipinski definition) is 9. The molecule has 29 heavy (non-hydrogen) atoms. The molecule has 0 bridgehead atoms. The Bertz CT molecular complexity index is 1110. The summed E-state index contributed by atoms with van der Waals surface area (Å²) in [5.74, 6) is -0.875. The minimum atomic E-state index is -0.633. The lowest BCUT2D eigenvalue weighted by atomic mass is 10.1. The van der Waals surface area contributed by atoms with Crippen LogP contribution in [-0.4, -0.2) is 36.4 Å². The van der Waals surface area contributed by atoms with Gasteiger partial charge in [-0.05, 0) is 30.4 Å². The second-order valence-electron chi connectivity index (χ2n) is 5.55. The van der Waals surface area contributed by atoms with Gasteiger partial charge >= 0.3 is 0 Å². The Hall–Kier alpha value is -3.64. The molecule has 3 rings (SSSR count). The van der Waals surface area contributed by atoms with Crippen molar-refractivity contribution in [3.8, 4) is 5.75 Å². The highest BCUT2D eigenvalue weighted by molar-refractivity contribution is 8.26. The monoisotopic (exact) mass is 430 g/mol. The van der Waals surface area contributed by atoms with Gasteiger partial charge in [0.05, 0.1) is 26.5 Å². The summed E-state index contributed by atoms with van der Waals surface area (Å²) < 4.78 is 0.0704. The third kappa shape index (κ3) is 4.28. The van der Waals surface area contributed by atoms with Gasteiger partial charge in [0.2, 0.25) is 0 Å². The maximum absolute atomic E-state index is 12.6. The number of nitro benzene ring substituents is 2. The van der Waals surface area contributed by atoms with Gasteiger partial charge < -0.3 is 5.11 Å². The largest absolute Gasteiger partial charge is 0.507 e. The summed E-state index contributed by atoms with van der Waals surface area (Å²) in [6, 6.07) is 9.28. The molecular formula is C17H10N4O6S2. The number of thiocarbonyl (C=S) groups is 1. The van der Waals surface area contributed by atoms with Crippen molar-refractivity contribution < 1.29 is 19.7 Å². The molecule has 2 aromatic rings. The Balaban J connectivity index is 1.89. The predicted octanol–water partition coefficient (Wildman–Crippen LogP) is 3.44. The Kier molecular flexibility index (Phi) is 5.66. The molecule has 0 saturated carbocycles. The van der Waals surface area contributed by atoms with E-state index in [4.69, 9.17) is 12.2 Å². The van der Waals surface area contributed by atoms with Crippen LogP contribution in [0.15, 0.2) is 52.5 Å². The van der Waals surface area contributed by atoms with Crippen LogP contribution in [0.25, 0.3) is 6.08 Å². The Labute approximate surface area is 172 Å². The molecular weight excluding hydrogens is 420 g/mol. The van der Waals surface area contributed by atoms with Gasteiger partial charge in [-0.15, -0.1) is 0 Å². The number of rotatable bonds is 5. The number of hydrogen-bond donors (Lipinski definition) is 1. The molecule has 0 aliphatic carbocycles. The first-order chi connectivity index (χ1) is 13.8. The van der Waals surface area contributed by atoms with E-state index in [1.165, 1.54) is 24.3 Å². The highest BCUT2D eigenvalue weighted by Crippen LogP contribution is 2.34. The van der Waals surface area contributed by atoms with Gasteiger partial charge in [0, 0.05) is 23.8 Å². The zero-order valence-corrected chi connectivity index (χ0v) is 15.9. The summed E-state index contributed by atoms with van der Waals surface area (Å²) in [5.41, 5.74) is -0.164. The molecule has 0 atom stereocenters. The number of phenolic OH excluding ortho intramolecular Hbond substituents is 1. The molecule has 12 heteroatoms. The van der Waals surface area contributed by atoms with E-state index in [-0.39, 0.29) is 37.5 Å². The quantitative estimate of drug-likeness (QED) is 0.250. The standard InChI is InChI=1S/C17H10N4O6S2/c22-14-6-5-12(20(24)25)7-11(14)9-18-19-16(23)15(29-17(19)28)8-10-3-1-2-4-13(10)21(26)27/h1-9,22H/b15-8+,18-9+. The van der Waals surface area contributed by atoms with Crippen LogP contribution in [0.4, 0.5) is 11.4 Å². The number of nitro groups is 2. The number of phenols is 1. The average Bonchev–Trinajstić information content (AvgIpc) is 2.94. The van der Waals surface area contributed by atoms with Crippen LogP contribution >= 0.6 is 24.0 Å². The van der Waals surface area contributed by atoms with E-state index in [2.05, 4.69) is 5.10 Å².